The number of benzene rings is 2. The van der Waals surface area contributed by atoms with Gasteiger partial charge in [0.05, 0.1) is 17.1 Å². The van der Waals surface area contributed by atoms with Gasteiger partial charge in [-0.2, -0.15) is 0 Å². The Balaban J connectivity index is 1.97. The Kier molecular flexibility index (Phi) is 5.53. The summed E-state index contributed by atoms with van der Waals surface area (Å²) < 4.78 is 15.3. The Hall–Kier alpha value is -2.77. The van der Waals surface area contributed by atoms with Gasteiger partial charge in [-0.25, -0.2) is 14.9 Å². The molecule has 1 unspecified atom stereocenters. The number of nitrogens with two attached hydrogens (primary N) is 1. The molecule has 1 amide bonds. The van der Waals surface area contributed by atoms with Gasteiger partial charge in [-0.1, -0.05) is 12.1 Å². The van der Waals surface area contributed by atoms with Gasteiger partial charge in [-0.05, 0) is 61.2 Å². The van der Waals surface area contributed by atoms with Crippen molar-refractivity contribution in [3.05, 3.63) is 64.7 Å². The minimum Gasteiger partial charge on any atom is -0.323 e. The predicted molar refractivity (Wildman–Crippen MR) is 101 cm³/mol. The molecule has 0 aliphatic heterocycles. The normalized spacial score (nSPS) is 12.3. The van der Waals surface area contributed by atoms with Crippen LogP contribution in [0.1, 0.15) is 28.9 Å². The van der Waals surface area contributed by atoms with Crippen molar-refractivity contribution in [2.75, 3.05) is 0 Å². The molecule has 7 heteroatoms. The first-order valence-corrected chi connectivity index (χ1v) is 8.79. The fourth-order valence-corrected chi connectivity index (χ4v) is 3.07. The molecule has 142 valence electrons. The molecule has 3 aromatic rings. The van der Waals surface area contributed by atoms with Crippen LogP contribution in [0.25, 0.3) is 11.0 Å². The lowest BCUT2D eigenvalue weighted by Gasteiger charge is -2.12. The Bertz CT molecular complexity index is 966. The number of hydrogen-bond donors (Lipinski definition) is 3. The summed E-state index contributed by atoms with van der Waals surface area (Å²) in [5, 5.41) is 8.72. The van der Waals surface area contributed by atoms with Crippen molar-refractivity contribution in [3.63, 3.8) is 0 Å². The summed E-state index contributed by atoms with van der Waals surface area (Å²) in [6, 6.07) is 9.67. The largest absolute Gasteiger partial charge is 0.323 e. The molecule has 0 bridgehead atoms. The second-order valence-corrected chi connectivity index (χ2v) is 6.79. The van der Waals surface area contributed by atoms with Gasteiger partial charge in [0.2, 0.25) is 0 Å². The SMILES string of the molecule is Cc1cc2nc(CCC(N)C(=O)NO)n(Cc3ccc(F)cc3)c2cc1C. The fourth-order valence-electron chi connectivity index (χ4n) is 3.07. The highest BCUT2D eigenvalue weighted by Gasteiger charge is 2.17. The smallest absolute Gasteiger partial charge is 0.260 e. The molecule has 3 rings (SSSR count). The molecule has 0 spiro atoms. The van der Waals surface area contributed by atoms with Crippen molar-refractivity contribution < 1.29 is 14.4 Å². The van der Waals surface area contributed by atoms with Gasteiger partial charge in [0.1, 0.15) is 11.6 Å². The summed E-state index contributed by atoms with van der Waals surface area (Å²) in [7, 11) is 0. The number of rotatable bonds is 6. The number of fused-ring (bicyclic) bond motifs is 1. The summed E-state index contributed by atoms with van der Waals surface area (Å²) in [6.45, 7) is 4.62. The zero-order valence-corrected chi connectivity index (χ0v) is 15.4. The van der Waals surface area contributed by atoms with E-state index in [-0.39, 0.29) is 5.82 Å². The molecule has 2 aromatic carbocycles. The lowest BCUT2D eigenvalue weighted by atomic mass is 10.1. The number of carbonyl (C=O) groups excluding carboxylic acids is 1. The zero-order valence-electron chi connectivity index (χ0n) is 15.4. The number of amides is 1. The molecule has 0 fully saturated rings. The fraction of sp³-hybridized carbons (Fsp3) is 0.300. The molecule has 0 aliphatic carbocycles. The number of carbonyl (C=O) groups is 1. The van der Waals surface area contributed by atoms with E-state index in [1.165, 1.54) is 12.1 Å². The highest BCUT2D eigenvalue weighted by molar-refractivity contribution is 5.80. The van der Waals surface area contributed by atoms with Crippen LogP contribution in [0.2, 0.25) is 0 Å². The average Bonchev–Trinajstić information content (AvgIpc) is 2.97. The summed E-state index contributed by atoms with van der Waals surface area (Å²) in [4.78, 5) is 16.2. The maximum absolute atomic E-state index is 13.2. The van der Waals surface area contributed by atoms with Crippen molar-refractivity contribution in [1.29, 1.82) is 0 Å². The van der Waals surface area contributed by atoms with Gasteiger partial charge >= 0.3 is 0 Å². The van der Waals surface area contributed by atoms with Crippen LogP contribution in [0.4, 0.5) is 4.39 Å². The van der Waals surface area contributed by atoms with Gasteiger partial charge in [0.25, 0.3) is 5.91 Å². The highest BCUT2D eigenvalue weighted by Crippen LogP contribution is 2.23. The van der Waals surface area contributed by atoms with Crippen LogP contribution in [0.5, 0.6) is 0 Å². The van der Waals surface area contributed by atoms with Crippen molar-refractivity contribution >= 4 is 16.9 Å². The second-order valence-electron chi connectivity index (χ2n) is 6.79. The van der Waals surface area contributed by atoms with Crippen LogP contribution in [0.15, 0.2) is 36.4 Å². The van der Waals surface area contributed by atoms with E-state index in [4.69, 9.17) is 15.9 Å². The first-order chi connectivity index (χ1) is 12.9. The first-order valence-electron chi connectivity index (χ1n) is 8.79. The standard InChI is InChI=1S/C20H23FN4O2/c1-12-9-17-18(10-13(12)2)25(11-14-3-5-15(21)6-4-14)19(23-17)8-7-16(22)20(26)24-27/h3-6,9-10,16,27H,7-8,11,22H2,1-2H3,(H,24,26). The molecule has 6 nitrogen and oxygen atoms in total. The van der Waals surface area contributed by atoms with Gasteiger partial charge in [-0.3, -0.25) is 10.0 Å². The van der Waals surface area contributed by atoms with Gasteiger partial charge < -0.3 is 10.3 Å². The number of aromatic nitrogens is 2. The minimum absolute atomic E-state index is 0.276. The van der Waals surface area contributed by atoms with Crippen LogP contribution in [0.3, 0.4) is 0 Å². The minimum atomic E-state index is -0.822. The zero-order chi connectivity index (χ0) is 19.6. The van der Waals surface area contributed by atoms with Crippen LogP contribution in [-0.4, -0.2) is 26.7 Å². The molecule has 0 aliphatic rings. The van der Waals surface area contributed by atoms with E-state index >= 15 is 0 Å². The van der Waals surface area contributed by atoms with Crippen molar-refractivity contribution in [2.24, 2.45) is 5.73 Å². The molecule has 1 heterocycles. The van der Waals surface area contributed by atoms with E-state index in [0.717, 1.165) is 33.5 Å². The van der Waals surface area contributed by atoms with E-state index in [2.05, 4.69) is 10.6 Å². The Labute approximate surface area is 156 Å². The van der Waals surface area contributed by atoms with E-state index < -0.39 is 11.9 Å². The van der Waals surface area contributed by atoms with Crippen molar-refractivity contribution in [2.45, 2.75) is 39.3 Å². The Morgan fingerprint density at radius 2 is 1.93 bits per heavy atom. The number of halogens is 1. The molecule has 0 saturated carbocycles. The van der Waals surface area contributed by atoms with E-state index in [1.807, 2.05) is 19.9 Å². The second kappa shape index (κ2) is 7.85. The maximum atomic E-state index is 13.2. The molecule has 1 atom stereocenters. The van der Waals surface area contributed by atoms with Gasteiger partial charge in [0.15, 0.2) is 0 Å². The molecule has 27 heavy (non-hydrogen) atoms. The molecule has 0 radical (unpaired) electrons. The number of hydrogen-bond acceptors (Lipinski definition) is 4. The Morgan fingerprint density at radius 1 is 1.26 bits per heavy atom. The van der Waals surface area contributed by atoms with E-state index in [9.17, 15) is 9.18 Å². The maximum Gasteiger partial charge on any atom is 0.260 e. The highest BCUT2D eigenvalue weighted by atomic mass is 19.1. The van der Waals surface area contributed by atoms with Gasteiger partial charge in [-0.15, -0.1) is 0 Å². The summed E-state index contributed by atoms with van der Waals surface area (Å²) >= 11 is 0. The number of aryl methyl sites for hydroxylation is 3. The quantitative estimate of drug-likeness (QED) is 0.459. The summed E-state index contributed by atoms with van der Waals surface area (Å²) in [5.41, 5.74) is 12.5. The molecular weight excluding hydrogens is 347 g/mol. The average molecular weight is 370 g/mol. The van der Waals surface area contributed by atoms with Gasteiger partial charge in [0, 0.05) is 13.0 Å². The van der Waals surface area contributed by atoms with Crippen LogP contribution in [-0.2, 0) is 17.8 Å². The number of imidazole rings is 1. The number of nitrogens with zero attached hydrogens (tertiary/aromatic N) is 2. The van der Waals surface area contributed by atoms with Crippen LogP contribution >= 0.6 is 0 Å². The van der Waals surface area contributed by atoms with E-state index in [0.29, 0.717) is 19.4 Å². The van der Waals surface area contributed by atoms with Crippen molar-refractivity contribution in [1.82, 2.24) is 15.0 Å². The monoisotopic (exact) mass is 370 g/mol. The third-order valence-corrected chi connectivity index (χ3v) is 4.82. The molecular formula is C20H23FN4O2. The lowest BCUT2D eigenvalue weighted by Crippen LogP contribution is -2.39. The first kappa shape index (κ1) is 19.0. The molecule has 1 aromatic heterocycles. The number of hydroxylamine groups is 1. The number of nitrogens with one attached hydrogen (secondary N) is 1. The van der Waals surface area contributed by atoms with E-state index in [1.54, 1.807) is 17.6 Å². The predicted octanol–water partition coefficient (Wildman–Crippen LogP) is 2.61. The summed E-state index contributed by atoms with van der Waals surface area (Å²) in [5.74, 6) is -0.106. The molecule has 4 N–H and O–H groups in total. The molecule has 0 saturated heterocycles. The van der Waals surface area contributed by atoms with Crippen molar-refractivity contribution in [3.8, 4) is 0 Å². The third kappa shape index (κ3) is 4.15. The summed E-state index contributed by atoms with van der Waals surface area (Å²) in [6.07, 6.45) is 0.819. The Morgan fingerprint density at radius 3 is 2.59 bits per heavy atom. The lowest BCUT2D eigenvalue weighted by molar-refractivity contribution is -0.130. The topological polar surface area (TPSA) is 93.2 Å². The third-order valence-electron chi connectivity index (χ3n) is 4.82. The van der Waals surface area contributed by atoms with Crippen LogP contribution in [0, 0.1) is 19.7 Å². The van der Waals surface area contributed by atoms with Crippen LogP contribution < -0.4 is 11.2 Å².